The zero-order valence-electron chi connectivity index (χ0n) is 24.6. The van der Waals surface area contributed by atoms with E-state index in [4.69, 9.17) is 10.7 Å². The van der Waals surface area contributed by atoms with Gasteiger partial charge in [0.15, 0.2) is 11.5 Å². The normalized spacial score (nSPS) is 13.2. The Labute approximate surface area is 244 Å². The number of carbonyl (C=O) groups is 1. The van der Waals surface area contributed by atoms with Gasteiger partial charge in [0.1, 0.15) is 0 Å². The highest BCUT2D eigenvalue weighted by Crippen LogP contribution is 2.42. The number of amides is 2. The number of hydrogen-bond donors (Lipinski definition) is 3. The summed E-state index contributed by atoms with van der Waals surface area (Å²) in [4.78, 5) is 19.7. The fraction of sp³-hybridized carbons (Fsp3) is 0.387. The molecule has 2 amide bonds. The number of urea groups is 1. The van der Waals surface area contributed by atoms with Crippen LogP contribution in [0.5, 0.6) is 0 Å². The minimum atomic E-state index is -4.52. The molecule has 0 radical (unpaired) electrons. The topological polar surface area (TPSA) is 101 Å². The number of benzene rings is 2. The van der Waals surface area contributed by atoms with Gasteiger partial charge in [0.05, 0.1) is 10.9 Å². The summed E-state index contributed by atoms with van der Waals surface area (Å²) in [6.45, 7) is 9.82. The minimum Gasteiger partial charge on any atom is -0.382 e. The van der Waals surface area contributed by atoms with Gasteiger partial charge in [0.2, 0.25) is 0 Å². The number of rotatable bonds is 8. The molecule has 1 aliphatic rings. The maximum absolute atomic E-state index is 13.4. The largest absolute Gasteiger partial charge is 0.416 e. The number of anilines is 3. The monoisotopic (exact) mass is 581 g/mol. The van der Waals surface area contributed by atoms with E-state index in [0.717, 1.165) is 65.9 Å². The predicted molar refractivity (Wildman–Crippen MR) is 162 cm³/mol. The molecule has 2 aromatic carbocycles. The van der Waals surface area contributed by atoms with Gasteiger partial charge in [0.25, 0.3) is 0 Å². The van der Waals surface area contributed by atoms with Gasteiger partial charge in [-0.3, -0.25) is 4.90 Å². The summed E-state index contributed by atoms with van der Waals surface area (Å²) in [5, 5.41) is 10.5. The highest BCUT2D eigenvalue weighted by Gasteiger charge is 2.31. The molecular weight excluding hydrogens is 543 g/mol. The predicted octanol–water partition coefficient (Wildman–Crippen LogP) is 7.63. The van der Waals surface area contributed by atoms with Crippen molar-refractivity contribution in [3.8, 4) is 11.1 Å². The fourth-order valence-electron chi connectivity index (χ4n) is 4.83. The van der Waals surface area contributed by atoms with E-state index in [1.54, 1.807) is 16.8 Å². The average Bonchev–Trinajstić information content (AvgIpc) is 3.78. The molecule has 4 N–H and O–H groups in total. The van der Waals surface area contributed by atoms with Crippen molar-refractivity contribution in [2.75, 3.05) is 29.5 Å². The first-order valence-electron chi connectivity index (χ1n) is 14.3. The van der Waals surface area contributed by atoms with Gasteiger partial charge in [-0.1, -0.05) is 45.9 Å². The number of nitrogens with two attached hydrogens (primary N) is 1. The van der Waals surface area contributed by atoms with E-state index >= 15 is 0 Å². The zero-order valence-corrected chi connectivity index (χ0v) is 24.6. The summed E-state index contributed by atoms with van der Waals surface area (Å²) in [6.07, 6.45) is -2.32. The van der Waals surface area contributed by atoms with Gasteiger partial charge in [0, 0.05) is 36.6 Å². The quantitative estimate of drug-likeness (QED) is 0.199. The number of hydrogen-bond acceptors (Lipinski definition) is 5. The summed E-state index contributed by atoms with van der Waals surface area (Å²) in [6, 6.07) is 12.1. The van der Waals surface area contributed by atoms with E-state index in [2.05, 4.69) is 26.7 Å². The first-order valence-corrected chi connectivity index (χ1v) is 14.3. The Balaban J connectivity index is 0.00000198. The lowest BCUT2D eigenvalue weighted by molar-refractivity contribution is -0.137. The van der Waals surface area contributed by atoms with Crippen molar-refractivity contribution in [2.24, 2.45) is 7.05 Å². The summed E-state index contributed by atoms with van der Waals surface area (Å²) in [7, 11) is 1.82. The van der Waals surface area contributed by atoms with Gasteiger partial charge < -0.3 is 16.4 Å². The number of nitrogens with zero attached hydrogens (tertiary/aromatic N) is 4. The molecule has 5 rings (SSSR count). The molecule has 0 atom stereocenters. The molecule has 1 saturated carbocycles. The van der Waals surface area contributed by atoms with Crippen LogP contribution in [0.1, 0.15) is 63.3 Å². The van der Waals surface area contributed by atoms with Gasteiger partial charge in [-0.2, -0.15) is 18.3 Å². The van der Waals surface area contributed by atoms with Gasteiger partial charge in [-0.15, -0.1) is 0 Å². The van der Waals surface area contributed by atoms with Crippen LogP contribution in [-0.2, 0) is 19.8 Å². The third kappa shape index (κ3) is 6.84. The molecular formula is C31H38F3N7O. The van der Waals surface area contributed by atoms with Crippen molar-refractivity contribution in [3.63, 3.8) is 0 Å². The molecule has 4 aromatic rings. The Kier molecular flexibility index (Phi) is 9.40. The summed E-state index contributed by atoms with van der Waals surface area (Å²) in [5.74, 6) is 0.830. The fourth-order valence-corrected chi connectivity index (χ4v) is 4.83. The first-order chi connectivity index (χ1) is 20.1. The number of aromatic nitrogens is 3. The van der Waals surface area contributed by atoms with Crippen LogP contribution in [0.2, 0.25) is 0 Å². The Morgan fingerprint density at radius 2 is 1.71 bits per heavy atom. The van der Waals surface area contributed by atoms with E-state index in [1.165, 1.54) is 6.07 Å². The van der Waals surface area contributed by atoms with Crippen LogP contribution in [-0.4, -0.2) is 38.8 Å². The minimum absolute atomic E-state index is 0.120. The van der Waals surface area contributed by atoms with Crippen LogP contribution in [0.25, 0.3) is 22.2 Å². The van der Waals surface area contributed by atoms with Gasteiger partial charge in [-0.25, -0.2) is 14.5 Å². The van der Waals surface area contributed by atoms with Crippen LogP contribution in [0.15, 0.2) is 48.5 Å². The number of nitrogens with one attached hydrogen (secondary N) is 2. The third-order valence-corrected chi connectivity index (χ3v) is 7.26. The summed E-state index contributed by atoms with van der Waals surface area (Å²) >= 11 is 0. The van der Waals surface area contributed by atoms with E-state index in [0.29, 0.717) is 29.5 Å². The molecule has 42 heavy (non-hydrogen) atoms. The van der Waals surface area contributed by atoms with E-state index in [9.17, 15) is 18.0 Å². The molecule has 0 spiro atoms. The van der Waals surface area contributed by atoms with Crippen molar-refractivity contribution in [2.45, 2.75) is 59.2 Å². The first kappa shape index (κ1) is 30.8. The van der Waals surface area contributed by atoms with E-state index in [1.807, 2.05) is 46.9 Å². The van der Waals surface area contributed by atoms with Crippen molar-refractivity contribution >= 4 is 34.3 Å². The van der Waals surface area contributed by atoms with Crippen LogP contribution in [0, 0.1) is 0 Å². The molecule has 0 aliphatic heterocycles. The lowest BCUT2D eigenvalue weighted by atomic mass is 10.0. The Bertz CT molecular complexity index is 1540. The lowest BCUT2D eigenvalue weighted by Gasteiger charge is -2.21. The second kappa shape index (κ2) is 12.8. The Morgan fingerprint density at radius 3 is 2.31 bits per heavy atom. The number of nitrogen functional groups attached to an aromatic ring is 1. The molecule has 1 aliphatic carbocycles. The molecule has 0 saturated heterocycles. The average molecular weight is 582 g/mol. The molecule has 8 nitrogen and oxygen atoms in total. The SMILES string of the molecule is CC.CCN(CC)Cc1ccc(C(F)(F)F)cc1NC(=O)Nc1ccc(-c2cc(C3CC3)nc3c2c(N)nn3C)cc1. The van der Waals surface area contributed by atoms with Crippen molar-refractivity contribution in [1.82, 2.24) is 19.7 Å². The maximum atomic E-state index is 13.4. The number of aryl methyl sites for hydroxylation is 1. The smallest absolute Gasteiger partial charge is 0.382 e. The number of pyridine rings is 1. The molecule has 224 valence electrons. The highest BCUT2D eigenvalue weighted by atomic mass is 19.4. The van der Waals surface area contributed by atoms with Crippen LogP contribution in [0.3, 0.4) is 0 Å². The molecule has 2 aromatic heterocycles. The van der Waals surface area contributed by atoms with E-state index < -0.39 is 17.8 Å². The number of fused-ring (bicyclic) bond motifs is 1. The van der Waals surface area contributed by atoms with Gasteiger partial charge in [-0.05, 0) is 73.0 Å². The number of carbonyl (C=O) groups excluding carboxylic acids is 1. The van der Waals surface area contributed by atoms with Gasteiger partial charge >= 0.3 is 12.2 Å². The highest BCUT2D eigenvalue weighted by molar-refractivity contribution is 6.02. The summed E-state index contributed by atoms with van der Waals surface area (Å²) in [5.41, 5.74) is 10.1. The van der Waals surface area contributed by atoms with Crippen LogP contribution >= 0.6 is 0 Å². The number of alkyl halides is 3. The molecule has 2 heterocycles. The van der Waals surface area contributed by atoms with Crippen LogP contribution in [0.4, 0.5) is 35.2 Å². The molecule has 0 bridgehead atoms. The second-order valence-corrected chi connectivity index (χ2v) is 10.1. The van der Waals surface area contributed by atoms with Crippen LogP contribution < -0.4 is 16.4 Å². The second-order valence-electron chi connectivity index (χ2n) is 10.1. The summed E-state index contributed by atoms with van der Waals surface area (Å²) < 4.78 is 41.9. The van der Waals surface area contributed by atoms with E-state index in [-0.39, 0.29) is 5.69 Å². The molecule has 11 heteroatoms. The van der Waals surface area contributed by atoms with Crippen molar-refractivity contribution in [3.05, 3.63) is 65.4 Å². The number of halogens is 3. The third-order valence-electron chi connectivity index (χ3n) is 7.26. The Hall–Kier alpha value is -4.12. The molecule has 1 fully saturated rings. The van der Waals surface area contributed by atoms with Crippen molar-refractivity contribution < 1.29 is 18.0 Å². The zero-order chi connectivity index (χ0) is 30.6. The van der Waals surface area contributed by atoms with Crippen molar-refractivity contribution in [1.29, 1.82) is 0 Å². The molecule has 0 unspecified atom stereocenters. The lowest BCUT2D eigenvalue weighted by Crippen LogP contribution is -2.25. The maximum Gasteiger partial charge on any atom is 0.416 e. The standard InChI is InChI=1S/C29H32F3N7O.C2H6/c1-4-39(5-2)16-19-8-11-20(29(30,31)32)14-23(19)36-28(40)34-21-12-9-17(10-13-21)22-15-24(18-6-7-18)35-27-25(22)26(33)37-38(27)3;1-2/h8-15,18H,4-7,16H2,1-3H3,(H2,33,37)(H2,34,36,40);1-2H3. The Morgan fingerprint density at radius 1 is 1.05 bits per heavy atom.